The minimum absolute atomic E-state index is 0.0737. The first-order valence-corrected chi connectivity index (χ1v) is 12.0. The molecule has 0 bridgehead atoms. The number of carbonyl (C=O) groups excluding carboxylic acids is 2. The average molecular weight is 482 g/mol. The van der Waals surface area contributed by atoms with Crippen LogP contribution in [-0.4, -0.2) is 50.9 Å². The summed E-state index contributed by atoms with van der Waals surface area (Å²) in [6.45, 7) is 1.44. The van der Waals surface area contributed by atoms with Crippen molar-refractivity contribution in [1.29, 1.82) is 0 Å². The van der Waals surface area contributed by atoms with E-state index in [0.717, 1.165) is 11.1 Å². The molecule has 1 aliphatic heterocycles. The van der Waals surface area contributed by atoms with Crippen LogP contribution in [0.1, 0.15) is 33.5 Å². The highest BCUT2D eigenvalue weighted by Crippen LogP contribution is 2.31. The minimum Gasteiger partial charge on any atom is -0.484 e. The van der Waals surface area contributed by atoms with Gasteiger partial charge in [-0.2, -0.15) is 0 Å². The Bertz CT molecular complexity index is 1310. The second-order valence-electron chi connectivity index (χ2n) is 8.55. The smallest absolute Gasteiger partial charge is 0.271 e. The SMILES string of the molecule is O=C(NCCc1cccnc1)c1cn2c(n1)C(c1ccccc1)N(C(=O)COc1ccccc1)CC2. The number of carbonyl (C=O) groups is 2. The first kappa shape index (κ1) is 23.3. The van der Waals surface area contributed by atoms with E-state index in [1.165, 1.54) is 0 Å². The van der Waals surface area contributed by atoms with Gasteiger partial charge >= 0.3 is 0 Å². The predicted molar refractivity (Wildman–Crippen MR) is 134 cm³/mol. The van der Waals surface area contributed by atoms with Crippen LogP contribution in [0.15, 0.2) is 91.4 Å². The van der Waals surface area contributed by atoms with Crippen molar-refractivity contribution in [2.75, 3.05) is 19.7 Å². The zero-order chi connectivity index (χ0) is 24.7. The Morgan fingerprint density at radius 1 is 0.972 bits per heavy atom. The molecule has 36 heavy (non-hydrogen) atoms. The number of ether oxygens (including phenoxy) is 1. The Kier molecular flexibility index (Phi) is 7.02. The summed E-state index contributed by atoms with van der Waals surface area (Å²) in [7, 11) is 0. The van der Waals surface area contributed by atoms with Crippen LogP contribution in [0.2, 0.25) is 0 Å². The molecular weight excluding hydrogens is 454 g/mol. The van der Waals surface area contributed by atoms with Crippen molar-refractivity contribution in [2.24, 2.45) is 0 Å². The highest BCUT2D eigenvalue weighted by atomic mass is 16.5. The van der Waals surface area contributed by atoms with Gasteiger partial charge in [-0.05, 0) is 35.7 Å². The first-order valence-electron chi connectivity index (χ1n) is 12.0. The molecule has 2 aromatic heterocycles. The van der Waals surface area contributed by atoms with E-state index >= 15 is 0 Å². The second kappa shape index (κ2) is 10.9. The van der Waals surface area contributed by atoms with Gasteiger partial charge in [0.2, 0.25) is 0 Å². The first-order chi connectivity index (χ1) is 17.7. The molecule has 2 aromatic carbocycles. The molecule has 1 unspecified atom stereocenters. The fourth-order valence-electron chi connectivity index (χ4n) is 4.36. The second-order valence-corrected chi connectivity index (χ2v) is 8.55. The molecule has 0 spiro atoms. The average Bonchev–Trinajstić information content (AvgIpc) is 3.37. The van der Waals surface area contributed by atoms with Gasteiger partial charge in [-0.15, -0.1) is 0 Å². The van der Waals surface area contributed by atoms with Gasteiger partial charge < -0.3 is 19.5 Å². The lowest BCUT2D eigenvalue weighted by molar-refractivity contribution is -0.136. The van der Waals surface area contributed by atoms with Crippen LogP contribution >= 0.6 is 0 Å². The number of imidazole rings is 1. The Labute approximate surface area is 209 Å². The fourth-order valence-corrected chi connectivity index (χ4v) is 4.36. The molecule has 1 N–H and O–H groups in total. The van der Waals surface area contributed by atoms with E-state index in [1.807, 2.05) is 77.4 Å². The molecule has 0 aliphatic carbocycles. The zero-order valence-corrected chi connectivity index (χ0v) is 19.8. The fraction of sp³-hybridized carbons (Fsp3) is 0.214. The lowest BCUT2D eigenvalue weighted by atomic mass is 10.0. The van der Waals surface area contributed by atoms with Gasteiger partial charge in [0.05, 0.1) is 0 Å². The molecule has 0 saturated heterocycles. The summed E-state index contributed by atoms with van der Waals surface area (Å²) in [5, 5.41) is 2.94. The number of aromatic nitrogens is 3. The number of rotatable bonds is 8. The third-order valence-electron chi connectivity index (χ3n) is 6.14. The lowest BCUT2D eigenvalue weighted by Crippen LogP contribution is -2.44. The van der Waals surface area contributed by atoms with Crippen molar-refractivity contribution in [1.82, 2.24) is 24.8 Å². The van der Waals surface area contributed by atoms with Crippen LogP contribution in [0.4, 0.5) is 0 Å². The molecule has 1 aliphatic rings. The normalized spacial score (nSPS) is 14.7. The predicted octanol–water partition coefficient (Wildman–Crippen LogP) is 3.26. The van der Waals surface area contributed by atoms with Gasteiger partial charge in [0, 0.05) is 38.2 Å². The summed E-state index contributed by atoms with van der Waals surface area (Å²) in [6, 6.07) is 22.5. The summed E-state index contributed by atoms with van der Waals surface area (Å²) < 4.78 is 7.70. The number of benzene rings is 2. The lowest BCUT2D eigenvalue weighted by Gasteiger charge is -2.36. The molecule has 2 amide bonds. The van der Waals surface area contributed by atoms with Crippen molar-refractivity contribution in [3.05, 3.63) is 114 Å². The summed E-state index contributed by atoms with van der Waals surface area (Å²) in [6.07, 6.45) is 5.97. The van der Waals surface area contributed by atoms with Crippen LogP contribution < -0.4 is 10.1 Å². The minimum atomic E-state index is -0.413. The molecule has 4 aromatic rings. The van der Waals surface area contributed by atoms with E-state index in [4.69, 9.17) is 4.74 Å². The monoisotopic (exact) mass is 481 g/mol. The summed E-state index contributed by atoms with van der Waals surface area (Å²) in [5.41, 5.74) is 2.32. The van der Waals surface area contributed by atoms with Crippen molar-refractivity contribution in [3.8, 4) is 5.75 Å². The highest BCUT2D eigenvalue weighted by molar-refractivity contribution is 5.92. The zero-order valence-electron chi connectivity index (χ0n) is 19.8. The number of hydrogen-bond acceptors (Lipinski definition) is 5. The summed E-state index contributed by atoms with van der Waals surface area (Å²) in [5.74, 6) is 0.936. The molecule has 8 heteroatoms. The number of hydrogen-bond donors (Lipinski definition) is 1. The Hall–Kier alpha value is -4.46. The molecule has 0 saturated carbocycles. The van der Waals surface area contributed by atoms with Gasteiger partial charge in [-0.25, -0.2) is 4.98 Å². The molecule has 182 valence electrons. The Morgan fingerprint density at radius 3 is 2.50 bits per heavy atom. The van der Waals surface area contributed by atoms with Crippen molar-refractivity contribution < 1.29 is 14.3 Å². The number of amides is 2. The molecule has 8 nitrogen and oxygen atoms in total. The third-order valence-corrected chi connectivity index (χ3v) is 6.14. The molecule has 0 fully saturated rings. The topological polar surface area (TPSA) is 89.4 Å². The number of pyridine rings is 1. The van der Waals surface area contributed by atoms with Crippen LogP contribution in [0.25, 0.3) is 0 Å². The quantitative estimate of drug-likeness (QED) is 0.417. The van der Waals surface area contributed by atoms with E-state index in [-0.39, 0.29) is 18.4 Å². The van der Waals surface area contributed by atoms with Gasteiger partial charge in [0.1, 0.15) is 23.3 Å². The van der Waals surface area contributed by atoms with Crippen molar-refractivity contribution in [3.63, 3.8) is 0 Å². The Balaban J connectivity index is 1.33. The number of nitrogens with zero attached hydrogens (tertiary/aromatic N) is 4. The Morgan fingerprint density at radius 2 is 1.75 bits per heavy atom. The van der Waals surface area contributed by atoms with Crippen molar-refractivity contribution >= 4 is 11.8 Å². The van der Waals surface area contributed by atoms with Crippen molar-refractivity contribution in [2.45, 2.75) is 19.0 Å². The molecule has 5 rings (SSSR count). The van der Waals surface area contributed by atoms with Crippen LogP contribution in [0.3, 0.4) is 0 Å². The van der Waals surface area contributed by atoms with E-state index in [9.17, 15) is 9.59 Å². The van der Waals surface area contributed by atoms with E-state index in [2.05, 4.69) is 15.3 Å². The van der Waals surface area contributed by atoms with E-state index in [0.29, 0.717) is 43.3 Å². The van der Waals surface area contributed by atoms with Crippen LogP contribution in [0, 0.1) is 0 Å². The van der Waals surface area contributed by atoms with Gasteiger partial charge in [-0.3, -0.25) is 14.6 Å². The molecule has 3 heterocycles. The van der Waals surface area contributed by atoms with Gasteiger partial charge in [0.25, 0.3) is 11.8 Å². The maximum atomic E-state index is 13.3. The largest absolute Gasteiger partial charge is 0.484 e. The standard InChI is InChI=1S/C28H27N5O3/c34-25(20-36-23-11-5-2-6-12-23)33-17-16-32-19-24(28(35)30-15-13-21-8-7-14-29-18-21)31-27(32)26(33)22-9-3-1-4-10-22/h1-12,14,18-19,26H,13,15-17,20H2,(H,30,35). The number of para-hydroxylation sites is 1. The maximum Gasteiger partial charge on any atom is 0.271 e. The number of nitrogens with one attached hydrogen (secondary N) is 1. The molecule has 0 radical (unpaired) electrons. The summed E-state index contributed by atoms with van der Waals surface area (Å²) in [4.78, 5) is 36.7. The van der Waals surface area contributed by atoms with Crippen LogP contribution in [0.5, 0.6) is 5.75 Å². The highest BCUT2D eigenvalue weighted by Gasteiger charge is 2.35. The van der Waals surface area contributed by atoms with Gasteiger partial charge in [0.15, 0.2) is 6.61 Å². The van der Waals surface area contributed by atoms with Gasteiger partial charge in [-0.1, -0.05) is 54.6 Å². The number of fused-ring (bicyclic) bond motifs is 1. The van der Waals surface area contributed by atoms with E-state index in [1.54, 1.807) is 23.5 Å². The van der Waals surface area contributed by atoms with E-state index < -0.39 is 6.04 Å². The molecular formula is C28H27N5O3. The maximum absolute atomic E-state index is 13.3. The van der Waals surface area contributed by atoms with Crippen LogP contribution in [-0.2, 0) is 17.8 Å². The molecule has 1 atom stereocenters. The third kappa shape index (κ3) is 5.27. The summed E-state index contributed by atoms with van der Waals surface area (Å²) >= 11 is 0.